The lowest BCUT2D eigenvalue weighted by Gasteiger charge is -2.15. The average Bonchev–Trinajstić information content (AvgIpc) is 2.79. The number of rotatable bonds is 9. The fourth-order valence-corrected chi connectivity index (χ4v) is 3.41. The molecule has 6 heteroatoms. The zero-order valence-electron chi connectivity index (χ0n) is 18.0. The third kappa shape index (κ3) is 4.48. The maximum atomic E-state index is 12.9. The van der Waals surface area contributed by atoms with Gasteiger partial charge in [-0.25, -0.2) is 4.98 Å². The van der Waals surface area contributed by atoms with Crippen LogP contribution >= 0.6 is 0 Å². The Morgan fingerprint density at radius 1 is 0.967 bits per heavy atom. The van der Waals surface area contributed by atoms with Crippen LogP contribution in [0.2, 0.25) is 0 Å². The lowest BCUT2D eigenvalue weighted by Crippen LogP contribution is -2.24. The molecular formula is C24H28N2O4. The topological polar surface area (TPSA) is 69.7 Å². The molecule has 1 heterocycles. The van der Waals surface area contributed by atoms with E-state index in [0.29, 0.717) is 35.1 Å². The van der Waals surface area contributed by atoms with Gasteiger partial charge in [0.05, 0.1) is 38.1 Å². The fraction of sp³-hybridized carbons (Fsp3) is 0.333. The molecule has 3 rings (SSSR count). The molecule has 0 aliphatic carbocycles. The van der Waals surface area contributed by atoms with Gasteiger partial charge in [-0.2, -0.15) is 0 Å². The van der Waals surface area contributed by atoms with Gasteiger partial charge in [-0.15, -0.1) is 0 Å². The number of carbonyl (C=O) groups is 1. The van der Waals surface area contributed by atoms with Gasteiger partial charge >= 0.3 is 0 Å². The van der Waals surface area contributed by atoms with E-state index in [0.717, 1.165) is 35.7 Å². The Hall–Kier alpha value is -3.28. The van der Waals surface area contributed by atoms with Crippen molar-refractivity contribution in [1.82, 2.24) is 10.3 Å². The van der Waals surface area contributed by atoms with Gasteiger partial charge in [-0.3, -0.25) is 4.79 Å². The summed E-state index contributed by atoms with van der Waals surface area (Å²) in [5.41, 5.74) is 2.78. The number of unbranched alkanes of at least 4 members (excludes halogenated alkanes) is 2. The standard InChI is InChI=1S/C24H28N2O4/c1-5-6-9-12-25-24(27)18-15-20(26-19-11-8-7-10-17(18)19)16-13-21(28-2)23(30-4)22(14-16)29-3/h7-8,10-11,13-15H,5-6,9,12H2,1-4H3,(H,25,27). The molecule has 0 saturated carbocycles. The van der Waals surface area contributed by atoms with Crippen LogP contribution in [0.15, 0.2) is 42.5 Å². The molecule has 1 amide bonds. The molecule has 1 N–H and O–H groups in total. The minimum Gasteiger partial charge on any atom is -0.493 e. The second kappa shape index (κ2) is 9.96. The van der Waals surface area contributed by atoms with Gasteiger partial charge in [0, 0.05) is 17.5 Å². The van der Waals surface area contributed by atoms with Crippen LogP contribution in [-0.4, -0.2) is 38.8 Å². The molecule has 0 saturated heterocycles. The van der Waals surface area contributed by atoms with Gasteiger partial charge in [-0.05, 0) is 30.7 Å². The van der Waals surface area contributed by atoms with Crippen molar-refractivity contribution in [3.05, 3.63) is 48.0 Å². The Bertz CT molecular complexity index is 1010. The Morgan fingerprint density at radius 2 is 1.67 bits per heavy atom. The number of aromatic nitrogens is 1. The molecule has 0 radical (unpaired) electrons. The number of nitrogens with one attached hydrogen (secondary N) is 1. The Morgan fingerprint density at radius 3 is 2.30 bits per heavy atom. The number of amides is 1. The van der Waals surface area contributed by atoms with E-state index in [9.17, 15) is 4.79 Å². The maximum Gasteiger partial charge on any atom is 0.252 e. The zero-order chi connectivity index (χ0) is 21.5. The number of pyridine rings is 1. The highest BCUT2D eigenvalue weighted by molar-refractivity contribution is 6.07. The van der Waals surface area contributed by atoms with Crippen LogP contribution in [0, 0.1) is 0 Å². The summed E-state index contributed by atoms with van der Waals surface area (Å²) in [6.07, 6.45) is 3.17. The highest BCUT2D eigenvalue weighted by Gasteiger charge is 2.18. The monoisotopic (exact) mass is 408 g/mol. The van der Waals surface area contributed by atoms with E-state index in [4.69, 9.17) is 19.2 Å². The lowest BCUT2D eigenvalue weighted by molar-refractivity contribution is 0.0954. The van der Waals surface area contributed by atoms with Crippen molar-refractivity contribution < 1.29 is 19.0 Å². The molecule has 0 bridgehead atoms. The number of ether oxygens (including phenoxy) is 3. The number of para-hydroxylation sites is 1. The quantitative estimate of drug-likeness (QED) is 0.513. The molecule has 0 unspecified atom stereocenters. The Kier molecular flexibility index (Phi) is 7.12. The van der Waals surface area contributed by atoms with Crippen LogP contribution in [0.4, 0.5) is 0 Å². The number of nitrogens with zero attached hydrogens (tertiary/aromatic N) is 1. The predicted molar refractivity (Wildman–Crippen MR) is 119 cm³/mol. The SMILES string of the molecule is CCCCCNC(=O)c1cc(-c2cc(OC)c(OC)c(OC)c2)nc2ccccc12. The molecule has 158 valence electrons. The summed E-state index contributed by atoms with van der Waals surface area (Å²) >= 11 is 0. The van der Waals surface area contributed by atoms with Crippen LogP contribution < -0.4 is 19.5 Å². The largest absolute Gasteiger partial charge is 0.493 e. The summed E-state index contributed by atoms with van der Waals surface area (Å²) in [4.78, 5) is 17.7. The predicted octanol–water partition coefficient (Wildman–Crippen LogP) is 4.85. The van der Waals surface area contributed by atoms with Crippen molar-refractivity contribution >= 4 is 16.8 Å². The Balaban J connectivity index is 2.08. The van der Waals surface area contributed by atoms with E-state index >= 15 is 0 Å². The number of carbonyl (C=O) groups excluding carboxylic acids is 1. The van der Waals surface area contributed by atoms with Crippen LogP contribution in [0.3, 0.4) is 0 Å². The van der Waals surface area contributed by atoms with Gasteiger partial charge in [0.15, 0.2) is 11.5 Å². The summed E-state index contributed by atoms with van der Waals surface area (Å²) in [6.45, 7) is 2.80. The molecule has 0 aliphatic heterocycles. The van der Waals surface area contributed by atoms with Gasteiger partial charge in [0.2, 0.25) is 5.75 Å². The molecule has 6 nitrogen and oxygen atoms in total. The summed E-state index contributed by atoms with van der Waals surface area (Å²) in [7, 11) is 4.71. The molecular weight excluding hydrogens is 380 g/mol. The normalized spacial score (nSPS) is 10.7. The number of fused-ring (bicyclic) bond motifs is 1. The minimum atomic E-state index is -0.0987. The summed E-state index contributed by atoms with van der Waals surface area (Å²) < 4.78 is 16.4. The van der Waals surface area contributed by atoms with Crippen molar-refractivity contribution in [2.45, 2.75) is 26.2 Å². The molecule has 0 aliphatic rings. The average molecular weight is 408 g/mol. The lowest BCUT2D eigenvalue weighted by atomic mass is 10.0. The number of methoxy groups -OCH3 is 3. The van der Waals surface area contributed by atoms with Crippen molar-refractivity contribution in [2.24, 2.45) is 0 Å². The first-order valence-electron chi connectivity index (χ1n) is 10.1. The van der Waals surface area contributed by atoms with Gasteiger partial charge in [0.25, 0.3) is 5.91 Å². The number of benzene rings is 2. The molecule has 0 fully saturated rings. The highest BCUT2D eigenvalue weighted by atomic mass is 16.5. The van der Waals surface area contributed by atoms with E-state index in [2.05, 4.69) is 12.2 Å². The maximum absolute atomic E-state index is 12.9. The van der Waals surface area contributed by atoms with E-state index in [1.54, 1.807) is 21.3 Å². The fourth-order valence-electron chi connectivity index (χ4n) is 3.41. The first-order valence-corrected chi connectivity index (χ1v) is 10.1. The third-order valence-corrected chi connectivity index (χ3v) is 4.99. The Labute approximate surface area is 177 Å². The van der Waals surface area contributed by atoms with Crippen LogP contribution in [-0.2, 0) is 0 Å². The molecule has 30 heavy (non-hydrogen) atoms. The van der Waals surface area contributed by atoms with Crippen LogP contribution in [0.25, 0.3) is 22.2 Å². The molecule has 2 aromatic carbocycles. The first-order chi connectivity index (χ1) is 14.6. The third-order valence-electron chi connectivity index (χ3n) is 4.99. The van der Waals surface area contributed by atoms with Gasteiger partial charge in [-0.1, -0.05) is 38.0 Å². The van der Waals surface area contributed by atoms with E-state index in [1.807, 2.05) is 42.5 Å². The van der Waals surface area contributed by atoms with E-state index < -0.39 is 0 Å². The van der Waals surface area contributed by atoms with Crippen LogP contribution in [0.5, 0.6) is 17.2 Å². The first kappa shape index (κ1) is 21.4. The number of hydrogen-bond acceptors (Lipinski definition) is 5. The van der Waals surface area contributed by atoms with Gasteiger partial charge in [0.1, 0.15) is 0 Å². The van der Waals surface area contributed by atoms with E-state index in [-0.39, 0.29) is 5.91 Å². The smallest absolute Gasteiger partial charge is 0.252 e. The minimum absolute atomic E-state index is 0.0987. The number of hydrogen-bond donors (Lipinski definition) is 1. The summed E-state index contributed by atoms with van der Waals surface area (Å²) in [5, 5.41) is 3.85. The second-order valence-electron chi connectivity index (χ2n) is 6.95. The highest BCUT2D eigenvalue weighted by Crippen LogP contribution is 2.41. The molecule has 0 atom stereocenters. The van der Waals surface area contributed by atoms with Gasteiger partial charge < -0.3 is 19.5 Å². The second-order valence-corrected chi connectivity index (χ2v) is 6.95. The van der Waals surface area contributed by atoms with Crippen molar-refractivity contribution in [3.63, 3.8) is 0 Å². The van der Waals surface area contributed by atoms with E-state index in [1.165, 1.54) is 0 Å². The van der Waals surface area contributed by atoms with Crippen LogP contribution in [0.1, 0.15) is 36.5 Å². The molecule has 3 aromatic rings. The van der Waals surface area contributed by atoms with Crippen molar-refractivity contribution in [2.75, 3.05) is 27.9 Å². The summed E-state index contributed by atoms with van der Waals surface area (Å²) in [5.74, 6) is 1.48. The molecule has 0 spiro atoms. The van der Waals surface area contributed by atoms with Crippen molar-refractivity contribution in [1.29, 1.82) is 0 Å². The zero-order valence-corrected chi connectivity index (χ0v) is 18.0. The summed E-state index contributed by atoms with van der Waals surface area (Å²) in [6, 6.07) is 13.1. The molecule has 1 aromatic heterocycles. The van der Waals surface area contributed by atoms with Crippen molar-refractivity contribution in [3.8, 4) is 28.5 Å².